The Labute approximate surface area is 195 Å². The molecule has 3 fully saturated rings. The van der Waals surface area contributed by atoms with Crippen molar-refractivity contribution in [3.63, 3.8) is 0 Å². The second-order valence-corrected chi connectivity index (χ2v) is 9.65. The fourth-order valence-corrected chi connectivity index (χ4v) is 5.89. The van der Waals surface area contributed by atoms with Crippen LogP contribution in [-0.2, 0) is 0 Å². The number of likely N-dealkylation sites (N-methyl/N-ethyl adjacent to an activating group) is 2. The van der Waals surface area contributed by atoms with Gasteiger partial charge in [-0.3, -0.25) is 14.6 Å². The molecule has 1 aromatic rings. The summed E-state index contributed by atoms with van der Waals surface area (Å²) in [4.78, 5) is 25.2. The smallest absolute Gasteiger partial charge is 0.253 e. The normalized spacial score (nSPS) is 23.9. The van der Waals surface area contributed by atoms with Gasteiger partial charge in [-0.2, -0.15) is 0 Å². The van der Waals surface area contributed by atoms with E-state index in [0.717, 1.165) is 63.5 Å². The largest absolute Gasteiger partial charge is 0.371 e. The number of hydrogen-bond acceptors (Lipinski definition) is 5. The second kappa shape index (κ2) is 11.0. The van der Waals surface area contributed by atoms with Crippen LogP contribution in [0.25, 0.3) is 0 Å². The lowest BCUT2D eigenvalue weighted by atomic mass is 10.0. The molecule has 178 valence electrons. The molecule has 1 aromatic carbocycles. The van der Waals surface area contributed by atoms with Gasteiger partial charge in [0.15, 0.2) is 0 Å². The lowest BCUT2D eigenvalue weighted by Crippen LogP contribution is -2.48. The number of rotatable bonds is 7. The van der Waals surface area contributed by atoms with Gasteiger partial charge in [0.2, 0.25) is 0 Å². The highest BCUT2D eigenvalue weighted by atomic mass is 16.2. The highest BCUT2D eigenvalue weighted by molar-refractivity contribution is 5.94. The minimum atomic E-state index is 0.183. The van der Waals surface area contributed by atoms with E-state index < -0.39 is 0 Å². The van der Waals surface area contributed by atoms with Crippen LogP contribution >= 0.6 is 0 Å². The molecule has 4 rings (SSSR count). The molecule has 6 heteroatoms. The maximum Gasteiger partial charge on any atom is 0.253 e. The van der Waals surface area contributed by atoms with Crippen LogP contribution in [0.5, 0.6) is 0 Å². The van der Waals surface area contributed by atoms with Crippen LogP contribution in [-0.4, -0.2) is 110 Å². The number of likely N-dealkylation sites (tertiary alicyclic amines) is 1. The SMILES string of the molecule is CCN1CCN(C(=O)c2ccc(N3CCC(N4CCC(N(CC)CC)C4)CC3)cc2)CC1. The van der Waals surface area contributed by atoms with Crippen molar-refractivity contribution >= 4 is 11.6 Å². The average molecular weight is 442 g/mol. The van der Waals surface area contributed by atoms with Gasteiger partial charge in [0.1, 0.15) is 0 Å². The van der Waals surface area contributed by atoms with E-state index in [0.29, 0.717) is 0 Å². The van der Waals surface area contributed by atoms with Crippen molar-refractivity contribution in [2.24, 2.45) is 0 Å². The molecule has 0 aromatic heterocycles. The van der Waals surface area contributed by atoms with E-state index in [9.17, 15) is 4.79 Å². The molecular weight excluding hydrogens is 398 g/mol. The summed E-state index contributed by atoms with van der Waals surface area (Å²) in [5.41, 5.74) is 2.09. The van der Waals surface area contributed by atoms with Gasteiger partial charge >= 0.3 is 0 Å². The van der Waals surface area contributed by atoms with Crippen LogP contribution in [0, 0.1) is 0 Å². The van der Waals surface area contributed by atoms with Crippen LogP contribution in [0.3, 0.4) is 0 Å². The van der Waals surface area contributed by atoms with E-state index in [-0.39, 0.29) is 5.91 Å². The molecule has 0 aliphatic carbocycles. The Hall–Kier alpha value is -1.63. The van der Waals surface area contributed by atoms with E-state index in [2.05, 4.69) is 52.5 Å². The van der Waals surface area contributed by atoms with Gasteiger partial charge in [0, 0.05) is 75.7 Å². The third-order valence-electron chi connectivity index (χ3n) is 8.09. The third-order valence-corrected chi connectivity index (χ3v) is 8.09. The van der Waals surface area contributed by atoms with Gasteiger partial charge < -0.3 is 14.7 Å². The van der Waals surface area contributed by atoms with Crippen LogP contribution in [0.2, 0.25) is 0 Å². The molecule has 1 atom stereocenters. The average Bonchev–Trinajstić information content (AvgIpc) is 3.35. The number of piperazine rings is 1. The molecule has 0 bridgehead atoms. The maximum atomic E-state index is 12.9. The van der Waals surface area contributed by atoms with Crippen LogP contribution in [0.1, 0.15) is 50.4 Å². The van der Waals surface area contributed by atoms with E-state index in [1.54, 1.807) is 0 Å². The number of hydrogen-bond donors (Lipinski definition) is 0. The van der Waals surface area contributed by atoms with E-state index >= 15 is 0 Å². The molecule has 0 saturated carbocycles. The summed E-state index contributed by atoms with van der Waals surface area (Å²) in [6.45, 7) is 18.6. The molecule has 1 amide bonds. The molecular formula is C26H43N5O. The van der Waals surface area contributed by atoms with Crippen LogP contribution in [0.15, 0.2) is 24.3 Å². The maximum absolute atomic E-state index is 12.9. The van der Waals surface area contributed by atoms with Gasteiger partial charge in [0.05, 0.1) is 0 Å². The molecule has 0 radical (unpaired) electrons. The van der Waals surface area contributed by atoms with Gasteiger partial charge in [-0.25, -0.2) is 0 Å². The van der Waals surface area contributed by atoms with Crippen molar-refractivity contribution in [2.75, 3.05) is 76.9 Å². The van der Waals surface area contributed by atoms with Gasteiger partial charge in [-0.05, 0) is 63.2 Å². The fraction of sp³-hybridized carbons (Fsp3) is 0.731. The first kappa shape index (κ1) is 23.5. The summed E-state index contributed by atoms with van der Waals surface area (Å²) in [5.74, 6) is 0.183. The quantitative estimate of drug-likeness (QED) is 0.650. The topological polar surface area (TPSA) is 33.3 Å². The molecule has 3 aliphatic heterocycles. The highest BCUT2D eigenvalue weighted by Gasteiger charge is 2.32. The monoisotopic (exact) mass is 441 g/mol. The predicted molar refractivity (Wildman–Crippen MR) is 133 cm³/mol. The number of carbonyl (C=O) groups excluding carboxylic acids is 1. The number of carbonyl (C=O) groups is 1. The number of amides is 1. The number of piperidine rings is 1. The molecule has 0 N–H and O–H groups in total. The Morgan fingerprint density at radius 1 is 0.875 bits per heavy atom. The van der Waals surface area contributed by atoms with Crippen LogP contribution < -0.4 is 4.90 Å². The van der Waals surface area contributed by atoms with Crippen molar-refractivity contribution in [2.45, 2.75) is 52.1 Å². The van der Waals surface area contributed by atoms with Crippen molar-refractivity contribution in [1.82, 2.24) is 19.6 Å². The molecule has 3 heterocycles. The number of anilines is 1. The zero-order chi connectivity index (χ0) is 22.5. The molecule has 32 heavy (non-hydrogen) atoms. The third kappa shape index (κ3) is 5.29. The van der Waals surface area contributed by atoms with E-state index in [1.807, 2.05) is 17.0 Å². The molecule has 6 nitrogen and oxygen atoms in total. The van der Waals surface area contributed by atoms with Gasteiger partial charge in [0.25, 0.3) is 5.91 Å². The standard InChI is InChI=1S/C26H43N5O/c1-4-27-17-19-30(20-18-27)26(32)22-7-9-23(10-8-22)29-14-11-24(12-15-29)31-16-13-25(21-31)28(5-2)6-3/h7-10,24-25H,4-6,11-21H2,1-3H3. The first-order valence-corrected chi connectivity index (χ1v) is 13.0. The summed E-state index contributed by atoms with van der Waals surface area (Å²) in [6.07, 6.45) is 3.81. The summed E-state index contributed by atoms with van der Waals surface area (Å²) < 4.78 is 0. The Morgan fingerprint density at radius 2 is 1.53 bits per heavy atom. The minimum Gasteiger partial charge on any atom is -0.371 e. The van der Waals surface area contributed by atoms with Crippen molar-refractivity contribution in [3.05, 3.63) is 29.8 Å². The molecule has 3 aliphatic rings. The lowest BCUT2D eigenvalue weighted by molar-refractivity contribution is 0.0643. The highest BCUT2D eigenvalue weighted by Crippen LogP contribution is 2.27. The first-order valence-electron chi connectivity index (χ1n) is 13.0. The van der Waals surface area contributed by atoms with E-state index in [4.69, 9.17) is 0 Å². The summed E-state index contributed by atoms with van der Waals surface area (Å²) in [7, 11) is 0. The van der Waals surface area contributed by atoms with Gasteiger partial charge in [-0.1, -0.05) is 20.8 Å². The Bertz CT molecular complexity index is 718. The zero-order valence-corrected chi connectivity index (χ0v) is 20.5. The van der Waals surface area contributed by atoms with Crippen molar-refractivity contribution in [3.8, 4) is 0 Å². The van der Waals surface area contributed by atoms with Crippen molar-refractivity contribution in [1.29, 1.82) is 0 Å². The Kier molecular flexibility index (Phi) is 8.08. The second-order valence-electron chi connectivity index (χ2n) is 9.65. The molecule has 3 saturated heterocycles. The molecule has 0 spiro atoms. The first-order chi connectivity index (χ1) is 15.6. The Balaban J connectivity index is 1.26. The summed E-state index contributed by atoms with van der Waals surface area (Å²) in [6, 6.07) is 9.85. The van der Waals surface area contributed by atoms with Crippen molar-refractivity contribution < 1.29 is 4.79 Å². The molecule has 1 unspecified atom stereocenters. The number of nitrogens with zero attached hydrogens (tertiary/aromatic N) is 5. The predicted octanol–water partition coefficient (Wildman–Crippen LogP) is 2.85. The van der Waals surface area contributed by atoms with E-state index in [1.165, 1.54) is 51.1 Å². The summed E-state index contributed by atoms with van der Waals surface area (Å²) >= 11 is 0. The number of benzene rings is 1. The summed E-state index contributed by atoms with van der Waals surface area (Å²) in [5, 5.41) is 0. The Morgan fingerprint density at radius 3 is 2.12 bits per heavy atom. The fourth-order valence-electron chi connectivity index (χ4n) is 5.89. The lowest BCUT2D eigenvalue weighted by Gasteiger charge is -2.38. The zero-order valence-electron chi connectivity index (χ0n) is 20.5. The van der Waals surface area contributed by atoms with Gasteiger partial charge in [-0.15, -0.1) is 0 Å². The minimum absolute atomic E-state index is 0.183. The van der Waals surface area contributed by atoms with Crippen LogP contribution in [0.4, 0.5) is 5.69 Å².